The number of aliphatic hydroxyl groups is 1. The van der Waals surface area contributed by atoms with Gasteiger partial charge in [-0.3, -0.25) is 4.79 Å². The number of rotatable bonds is 4. The molecule has 3 atom stereocenters. The van der Waals surface area contributed by atoms with E-state index in [-0.39, 0.29) is 23.6 Å². The van der Waals surface area contributed by atoms with E-state index in [1.807, 2.05) is 25.1 Å². The zero-order chi connectivity index (χ0) is 22.2. The summed E-state index contributed by atoms with van der Waals surface area (Å²) in [6, 6.07) is 5.87. The standard InChI is InChI=1S/C26H34FNO3/c1-17-12-18(6-9-24(17)27)22-13-19(28-10-4-5-11-28)16-26(2,3)23(22)8-7-21-14-20(29)15-25(30)31-21/h6-9,12,19-21,29H,4-5,10-11,13-16H2,1-3H3/b8-7+/t19?,20-,21-/m1/s1. The van der Waals surface area contributed by atoms with Crippen LogP contribution in [0.5, 0.6) is 0 Å². The third-order valence-electron chi connectivity index (χ3n) is 7.07. The molecule has 0 bridgehead atoms. The van der Waals surface area contributed by atoms with Gasteiger partial charge in [-0.1, -0.05) is 26.0 Å². The van der Waals surface area contributed by atoms with Crippen LogP contribution in [-0.4, -0.2) is 47.3 Å². The van der Waals surface area contributed by atoms with Crippen molar-refractivity contribution in [2.75, 3.05) is 13.1 Å². The number of carbonyl (C=O) groups excluding carboxylic acids is 1. The molecule has 2 aliphatic heterocycles. The third kappa shape index (κ3) is 4.93. The normalized spacial score (nSPS) is 29.6. The van der Waals surface area contributed by atoms with Crippen molar-refractivity contribution in [1.82, 2.24) is 4.90 Å². The summed E-state index contributed by atoms with van der Waals surface area (Å²) in [5, 5.41) is 9.94. The summed E-state index contributed by atoms with van der Waals surface area (Å²) in [4.78, 5) is 14.3. The van der Waals surface area contributed by atoms with Crippen LogP contribution in [0.1, 0.15) is 63.5 Å². The highest BCUT2D eigenvalue weighted by molar-refractivity contribution is 5.74. The number of cyclic esters (lactones) is 1. The predicted octanol–water partition coefficient (Wildman–Crippen LogP) is 4.79. The van der Waals surface area contributed by atoms with Gasteiger partial charge < -0.3 is 14.7 Å². The van der Waals surface area contributed by atoms with Gasteiger partial charge in [0.15, 0.2) is 0 Å². The van der Waals surface area contributed by atoms with Crippen molar-refractivity contribution in [3.8, 4) is 0 Å². The van der Waals surface area contributed by atoms with Gasteiger partial charge in [-0.25, -0.2) is 4.39 Å². The van der Waals surface area contributed by atoms with Crippen LogP contribution in [0, 0.1) is 18.2 Å². The molecule has 168 valence electrons. The molecule has 0 spiro atoms. The van der Waals surface area contributed by atoms with E-state index in [9.17, 15) is 14.3 Å². The van der Waals surface area contributed by atoms with Gasteiger partial charge in [-0.15, -0.1) is 0 Å². The van der Waals surface area contributed by atoms with E-state index in [1.54, 1.807) is 6.07 Å². The SMILES string of the molecule is Cc1cc(C2=C(/C=C/[C@@H]3C[C@@H](O)CC(=O)O3)C(C)(C)CC(N3CCCC3)C2)ccc1F. The fourth-order valence-electron chi connectivity index (χ4n) is 5.45. The molecule has 2 fully saturated rings. The van der Waals surface area contributed by atoms with Crippen LogP contribution in [0.2, 0.25) is 0 Å². The van der Waals surface area contributed by atoms with Crippen molar-refractivity contribution in [1.29, 1.82) is 0 Å². The monoisotopic (exact) mass is 427 g/mol. The van der Waals surface area contributed by atoms with Crippen LogP contribution in [-0.2, 0) is 9.53 Å². The lowest BCUT2D eigenvalue weighted by atomic mass is 9.68. The van der Waals surface area contributed by atoms with E-state index in [0.717, 1.165) is 31.5 Å². The van der Waals surface area contributed by atoms with E-state index in [1.165, 1.54) is 24.0 Å². The lowest BCUT2D eigenvalue weighted by molar-refractivity contribution is -0.156. The molecule has 1 aliphatic carbocycles. The van der Waals surface area contributed by atoms with Crippen LogP contribution in [0.15, 0.2) is 35.9 Å². The van der Waals surface area contributed by atoms with Crippen LogP contribution in [0.3, 0.4) is 0 Å². The average molecular weight is 428 g/mol. The molecule has 1 unspecified atom stereocenters. The fourth-order valence-corrected chi connectivity index (χ4v) is 5.45. The lowest BCUT2D eigenvalue weighted by Crippen LogP contribution is -2.40. The molecule has 1 aromatic carbocycles. The Morgan fingerprint density at radius 1 is 1.23 bits per heavy atom. The largest absolute Gasteiger partial charge is 0.458 e. The number of hydrogen-bond acceptors (Lipinski definition) is 4. The molecule has 5 heteroatoms. The Hall–Kier alpha value is -1.98. The highest BCUT2D eigenvalue weighted by atomic mass is 19.1. The maximum atomic E-state index is 14.0. The quantitative estimate of drug-likeness (QED) is 0.702. The molecule has 2 saturated heterocycles. The number of halogens is 1. The van der Waals surface area contributed by atoms with Gasteiger partial charge in [-0.2, -0.15) is 0 Å². The number of ether oxygens (including phenoxy) is 1. The number of esters is 1. The van der Waals surface area contributed by atoms with Gasteiger partial charge >= 0.3 is 5.97 Å². The topological polar surface area (TPSA) is 49.8 Å². The molecule has 0 aromatic heterocycles. The second-order valence-corrected chi connectivity index (χ2v) is 10.0. The number of nitrogens with zero attached hydrogens (tertiary/aromatic N) is 1. The van der Waals surface area contributed by atoms with E-state index < -0.39 is 12.2 Å². The molecule has 1 aromatic rings. The summed E-state index contributed by atoms with van der Waals surface area (Å²) in [6.07, 6.45) is 7.95. The Kier molecular flexibility index (Phi) is 6.36. The van der Waals surface area contributed by atoms with Gasteiger partial charge in [0.25, 0.3) is 0 Å². The molecular weight excluding hydrogens is 393 g/mol. The van der Waals surface area contributed by atoms with Crippen LogP contribution in [0.4, 0.5) is 4.39 Å². The summed E-state index contributed by atoms with van der Waals surface area (Å²) >= 11 is 0. The third-order valence-corrected chi connectivity index (χ3v) is 7.07. The first-order valence-electron chi connectivity index (χ1n) is 11.5. The highest BCUT2D eigenvalue weighted by Gasteiger charge is 2.38. The number of aliphatic hydroxyl groups excluding tert-OH is 1. The summed E-state index contributed by atoms with van der Waals surface area (Å²) in [5.74, 6) is -0.538. The summed E-state index contributed by atoms with van der Waals surface area (Å²) in [5.41, 5.74) is 4.10. The van der Waals surface area contributed by atoms with Crippen molar-refractivity contribution in [2.45, 2.75) is 77.5 Å². The van der Waals surface area contributed by atoms with Gasteiger partial charge in [0.1, 0.15) is 11.9 Å². The van der Waals surface area contributed by atoms with E-state index >= 15 is 0 Å². The smallest absolute Gasteiger partial charge is 0.309 e. The van der Waals surface area contributed by atoms with E-state index in [2.05, 4.69) is 24.8 Å². The van der Waals surface area contributed by atoms with Crippen LogP contribution < -0.4 is 0 Å². The Bertz CT molecular complexity index is 898. The first-order chi connectivity index (χ1) is 14.7. The lowest BCUT2D eigenvalue weighted by Gasteiger charge is -2.42. The Labute approximate surface area is 184 Å². The van der Waals surface area contributed by atoms with Gasteiger partial charge in [0.05, 0.1) is 12.5 Å². The van der Waals surface area contributed by atoms with Crippen molar-refractivity contribution in [2.24, 2.45) is 5.41 Å². The first kappa shape index (κ1) is 22.2. The van der Waals surface area contributed by atoms with Crippen LogP contribution >= 0.6 is 0 Å². The number of likely N-dealkylation sites (tertiary alicyclic amines) is 1. The predicted molar refractivity (Wildman–Crippen MR) is 120 cm³/mol. The molecule has 4 rings (SSSR count). The van der Waals surface area contributed by atoms with Crippen molar-refractivity contribution in [3.05, 3.63) is 52.9 Å². The average Bonchev–Trinajstić information content (AvgIpc) is 3.22. The van der Waals surface area contributed by atoms with Gasteiger partial charge in [-0.05, 0) is 91.6 Å². The fraction of sp³-hybridized carbons (Fsp3) is 0.577. The zero-order valence-electron chi connectivity index (χ0n) is 18.9. The van der Waals surface area contributed by atoms with Crippen molar-refractivity contribution in [3.63, 3.8) is 0 Å². The van der Waals surface area contributed by atoms with Crippen molar-refractivity contribution < 1.29 is 19.0 Å². The van der Waals surface area contributed by atoms with E-state index in [0.29, 0.717) is 18.0 Å². The summed E-state index contributed by atoms with van der Waals surface area (Å²) < 4.78 is 19.4. The molecule has 3 aliphatic rings. The van der Waals surface area contributed by atoms with Crippen molar-refractivity contribution >= 4 is 11.5 Å². The number of benzene rings is 1. The molecule has 0 saturated carbocycles. The number of aryl methyl sites for hydroxylation is 1. The zero-order valence-corrected chi connectivity index (χ0v) is 18.9. The number of carbonyl (C=O) groups is 1. The summed E-state index contributed by atoms with van der Waals surface area (Å²) in [6.45, 7) is 8.65. The minimum absolute atomic E-state index is 0.0656. The van der Waals surface area contributed by atoms with E-state index in [4.69, 9.17) is 4.74 Å². The summed E-state index contributed by atoms with van der Waals surface area (Å²) in [7, 11) is 0. The Balaban J connectivity index is 1.72. The molecule has 0 radical (unpaired) electrons. The minimum atomic E-state index is -0.650. The molecule has 2 heterocycles. The van der Waals surface area contributed by atoms with Gasteiger partial charge in [0, 0.05) is 12.5 Å². The second-order valence-electron chi connectivity index (χ2n) is 10.0. The first-order valence-corrected chi connectivity index (χ1v) is 11.5. The molecule has 31 heavy (non-hydrogen) atoms. The van der Waals surface area contributed by atoms with Crippen LogP contribution in [0.25, 0.3) is 5.57 Å². The highest BCUT2D eigenvalue weighted by Crippen LogP contribution is 2.47. The Morgan fingerprint density at radius 3 is 2.65 bits per heavy atom. The maximum absolute atomic E-state index is 14.0. The Morgan fingerprint density at radius 2 is 1.97 bits per heavy atom. The minimum Gasteiger partial charge on any atom is -0.458 e. The number of allylic oxidation sites excluding steroid dienone is 2. The second kappa shape index (κ2) is 8.87. The molecule has 1 N–H and O–H groups in total. The molecule has 0 amide bonds. The number of hydrogen-bond donors (Lipinski definition) is 1. The molecule has 4 nitrogen and oxygen atoms in total. The molecular formula is C26H34FNO3. The van der Waals surface area contributed by atoms with Gasteiger partial charge in [0.2, 0.25) is 0 Å². The maximum Gasteiger partial charge on any atom is 0.309 e.